The van der Waals surface area contributed by atoms with E-state index >= 15 is 0 Å². The van der Waals surface area contributed by atoms with E-state index in [1.165, 1.54) is 38.5 Å². The molecule has 0 heterocycles. The largest absolute Gasteiger partial charge is 0.377 e. The summed E-state index contributed by atoms with van der Waals surface area (Å²) in [4.78, 5) is 4.25. The van der Waals surface area contributed by atoms with Gasteiger partial charge in [0.1, 0.15) is 0 Å². The number of aliphatic imine (C=N–C) groups is 1. The van der Waals surface area contributed by atoms with Crippen LogP contribution in [0.4, 0.5) is 0 Å². The minimum atomic E-state index is -0.166. The van der Waals surface area contributed by atoms with Crippen LogP contribution in [0, 0.1) is 5.92 Å². The van der Waals surface area contributed by atoms with Gasteiger partial charge >= 0.3 is 0 Å². The fraction of sp³-hybridized carbons (Fsp3) is 0.933. The molecule has 0 saturated heterocycles. The van der Waals surface area contributed by atoms with Crippen molar-refractivity contribution in [1.82, 2.24) is 10.6 Å². The van der Waals surface area contributed by atoms with E-state index in [1.54, 1.807) is 7.11 Å². The number of guanidine groups is 1. The van der Waals surface area contributed by atoms with E-state index in [0.717, 1.165) is 25.0 Å². The van der Waals surface area contributed by atoms with Gasteiger partial charge in [-0.3, -0.25) is 4.99 Å². The molecule has 0 aliphatic heterocycles. The summed E-state index contributed by atoms with van der Waals surface area (Å²) in [5.41, 5.74) is -0.166. The summed E-state index contributed by atoms with van der Waals surface area (Å²) in [7, 11) is 3.55. The fourth-order valence-corrected chi connectivity index (χ4v) is 2.46. The number of nitrogens with zero attached hydrogens (tertiary/aromatic N) is 1. The van der Waals surface area contributed by atoms with Crippen LogP contribution in [0.25, 0.3) is 0 Å². The summed E-state index contributed by atoms with van der Waals surface area (Å²) in [5, 5.41) is 6.71. The molecule has 1 fully saturated rings. The third-order valence-corrected chi connectivity index (χ3v) is 4.03. The van der Waals surface area contributed by atoms with E-state index in [9.17, 15) is 0 Å². The molecule has 2 N–H and O–H groups in total. The Morgan fingerprint density at radius 2 is 1.89 bits per heavy atom. The van der Waals surface area contributed by atoms with Crippen molar-refractivity contribution in [1.29, 1.82) is 0 Å². The zero-order valence-corrected chi connectivity index (χ0v) is 13.1. The number of hydrogen-bond donors (Lipinski definition) is 2. The maximum absolute atomic E-state index is 5.39. The molecule has 1 aliphatic carbocycles. The van der Waals surface area contributed by atoms with Gasteiger partial charge in [0.05, 0.1) is 5.60 Å². The second-order valence-corrected chi connectivity index (χ2v) is 6.11. The average molecular weight is 269 g/mol. The Hall–Kier alpha value is -0.770. The highest BCUT2D eigenvalue weighted by Crippen LogP contribution is 2.25. The van der Waals surface area contributed by atoms with Crippen molar-refractivity contribution >= 4 is 5.96 Å². The van der Waals surface area contributed by atoms with Crippen molar-refractivity contribution < 1.29 is 4.74 Å². The molecule has 19 heavy (non-hydrogen) atoms. The SMILES string of the molecule is CN=C(NCCC1CCCCC1)NCC(C)(C)OC. The lowest BCUT2D eigenvalue weighted by Gasteiger charge is -2.25. The van der Waals surface area contributed by atoms with Gasteiger partial charge < -0.3 is 15.4 Å². The van der Waals surface area contributed by atoms with Gasteiger partial charge in [-0.2, -0.15) is 0 Å². The van der Waals surface area contributed by atoms with Gasteiger partial charge in [-0.1, -0.05) is 32.1 Å². The molecular weight excluding hydrogens is 238 g/mol. The minimum absolute atomic E-state index is 0.166. The highest BCUT2D eigenvalue weighted by Gasteiger charge is 2.17. The van der Waals surface area contributed by atoms with Crippen LogP contribution in [-0.2, 0) is 4.74 Å². The van der Waals surface area contributed by atoms with E-state index in [1.807, 2.05) is 7.05 Å². The van der Waals surface area contributed by atoms with Crippen molar-refractivity contribution in [3.8, 4) is 0 Å². The summed E-state index contributed by atoms with van der Waals surface area (Å²) in [6.45, 7) is 5.90. The first kappa shape index (κ1) is 16.3. The Morgan fingerprint density at radius 3 is 2.47 bits per heavy atom. The number of hydrogen-bond acceptors (Lipinski definition) is 2. The molecule has 0 bridgehead atoms. The smallest absolute Gasteiger partial charge is 0.191 e. The van der Waals surface area contributed by atoms with Gasteiger partial charge in [-0.25, -0.2) is 0 Å². The first-order chi connectivity index (χ1) is 9.07. The van der Waals surface area contributed by atoms with Crippen LogP contribution in [0.1, 0.15) is 52.4 Å². The number of rotatable bonds is 6. The summed E-state index contributed by atoms with van der Waals surface area (Å²) >= 11 is 0. The van der Waals surface area contributed by atoms with Gasteiger partial charge in [0.2, 0.25) is 0 Å². The predicted molar refractivity (Wildman–Crippen MR) is 81.6 cm³/mol. The van der Waals surface area contributed by atoms with Crippen LogP contribution in [0.15, 0.2) is 4.99 Å². The maximum atomic E-state index is 5.39. The van der Waals surface area contributed by atoms with Crippen LogP contribution in [-0.4, -0.2) is 38.8 Å². The molecule has 0 radical (unpaired) electrons. The van der Waals surface area contributed by atoms with Gasteiger partial charge in [-0.05, 0) is 26.2 Å². The van der Waals surface area contributed by atoms with Gasteiger partial charge in [0.15, 0.2) is 5.96 Å². The molecule has 4 nitrogen and oxygen atoms in total. The lowest BCUT2D eigenvalue weighted by Crippen LogP contribution is -2.45. The monoisotopic (exact) mass is 269 g/mol. The molecule has 1 saturated carbocycles. The van der Waals surface area contributed by atoms with Crippen LogP contribution >= 0.6 is 0 Å². The minimum Gasteiger partial charge on any atom is -0.377 e. The number of ether oxygens (including phenoxy) is 1. The Balaban J connectivity index is 2.18. The highest BCUT2D eigenvalue weighted by molar-refractivity contribution is 5.79. The molecule has 0 amide bonds. The summed E-state index contributed by atoms with van der Waals surface area (Å²) in [6, 6.07) is 0. The lowest BCUT2D eigenvalue weighted by atomic mass is 9.87. The maximum Gasteiger partial charge on any atom is 0.191 e. The van der Waals surface area contributed by atoms with Gasteiger partial charge in [-0.15, -0.1) is 0 Å². The molecule has 0 aromatic carbocycles. The quantitative estimate of drug-likeness (QED) is 0.575. The lowest BCUT2D eigenvalue weighted by molar-refractivity contribution is 0.0268. The van der Waals surface area contributed by atoms with Crippen LogP contribution in [0.5, 0.6) is 0 Å². The zero-order chi connectivity index (χ0) is 14.1. The molecule has 1 aliphatic rings. The third kappa shape index (κ3) is 6.81. The molecule has 0 aromatic heterocycles. The van der Waals surface area contributed by atoms with Crippen LogP contribution in [0.3, 0.4) is 0 Å². The molecule has 0 unspecified atom stereocenters. The van der Waals surface area contributed by atoms with E-state index in [2.05, 4.69) is 29.5 Å². The highest BCUT2D eigenvalue weighted by atomic mass is 16.5. The van der Waals surface area contributed by atoms with Crippen molar-refractivity contribution in [2.24, 2.45) is 10.9 Å². The van der Waals surface area contributed by atoms with Gasteiger partial charge in [0, 0.05) is 27.2 Å². The first-order valence-electron chi connectivity index (χ1n) is 7.57. The summed E-state index contributed by atoms with van der Waals surface area (Å²) in [5.74, 6) is 1.79. The third-order valence-electron chi connectivity index (χ3n) is 4.03. The summed E-state index contributed by atoms with van der Waals surface area (Å²) in [6.07, 6.45) is 8.34. The van der Waals surface area contributed by atoms with E-state index in [4.69, 9.17) is 4.74 Å². The predicted octanol–water partition coefficient (Wildman–Crippen LogP) is 2.55. The molecule has 1 rings (SSSR count). The molecule has 0 spiro atoms. The van der Waals surface area contributed by atoms with Crippen LogP contribution in [0.2, 0.25) is 0 Å². The van der Waals surface area contributed by atoms with Crippen molar-refractivity contribution in [2.45, 2.75) is 58.0 Å². The Bertz CT molecular complexity index is 271. The van der Waals surface area contributed by atoms with Crippen molar-refractivity contribution in [2.75, 3.05) is 27.2 Å². The Kier molecular flexibility index (Phi) is 7.21. The van der Waals surface area contributed by atoms with Crippen molar-refractivity contribution in [3.05, 3.63) is 0 Å². The molecule has 4 heteroatoms. The number of methoxy groups -OCH3 is 1. The Labute approximate surface area is 118 Å². The standard InChI is InChI=1S/C15H31N3O/c1-15(2,19-4)12-18-14(16-3)17-11-10-13-8-6-5-7-9-13/h13H,5-12H2,1-4H3,(H2,16,17,18). The zero-order valence-electron chi connectivity index (χ0n) is 13.1. The second-order valence-electron chi connectivity index (χ2n) is 6.11. The molecule has 112 valence electrons. The van der Waals surface area contributed by atoms with Crippen molar-refractivity contribution in [3.63, 3.8) is 0 Å². The molecule has 0 aromatic rings. The normalized spacial score (nSPS) is 18.4. The molecule has 0 atom stereocenters. The topological polar surface area (TPSA) is 45.7 Å². The van der Waals surface area contributed by atoms with Crippen LogP contribution < -0.4 is 10.6 Å². The first-order valence-corrected chi connectivity index (χ1v) is 7.57. The van der Waals surface area contributed by atoms with E-state index in [-0.39, 0.29) is 5.60 Å². The Morgan fingerprint density at radius 1 is 1.21 bits per heavy atom. The second kappa shape index (κ2) is 8.41. The van der Waals surface area contributed by atoms with E-state index in [0.29, 0.717) is 0 Å². The molecular formula is C15H31N3O. The number of nitrogens with one attached hydrogen (secondary N) is 2. The summed E-state index contributed by atoms with van der Waals surface area (Å²) < 4.78 is 5.39. The fourth-order valence-electron chi connectivity index (χ4n) is 2.46. The average Bonchev–Trinajstić information content (AvgIpc) is 2.43. The van der Waals surface area contributed by atoms with Gasteiger partial charge in [0.25, 0.3) is 0 Å². The van der Waals surface area contributed by atoms with E-state index < -0.39 is 0 Å².